The predicted molar refractivity (Wildman–Crippen MR) is 29.8 cm³/mol. The van der Waals surface area contributed by atoms with Crippen molar-refractivity contribution in [2.45, 2.75) is 13.0 Å². The lowest BCUT2D eigenvalue weighted by molar-refractivity contribution is -0.131. The molecule has 9 heavy (non-hydrogen) atoms. The highest BCUT2D eigenvalue weighted by Gasteiger charge is 2.29. The van der Waals surface area contributed by atoms with Gasteiger partial charge in [-0.1, -0.05) is 0 Å². The maximum absolute atomic E-state index is 10.6. The fourth-order valence-corrected chi connectivity index (χ4v) is 0.708. The van der Waals surface area contributed by atoms with Gasteiger partial charge in [0.2, 0.25) is 0 Å². The van der Waals surface area contributed by atoms with Crippen molar-refractivity contribution in [3.8, 4) is 0 Å². The van der Waals surface area contributed by atoms with Crippen molar-refractivity contribution in [1.29, 1.82) is 0 Å². The number of aliphatic hydroxyl groups excluding tert-OH is 1. The van der Waals surface area contributed by atoms with E-state index in [1.807, 2.05) is 0 Å². The number of carbonyl (C=O) groups is 2. The average molecular weight is 126 g/mol. The second-order valence-corrected chi connectivity index (χ2v) is 2.00. The van der Waals surface area contributed by atoms with Crippen molar-refractivity contribution in [3.63, 3.8) is 0 Å². The lowest BCUT2D eigenvalue weighted by Gasteiger charge is -1.93. The van der Waals surface area contributed by atoms with E-state index in [1.54, 1.807) is 0 Å². The normalized spacial score (nSPS) is 26.9. The molecule has 0 radical (unpaired) electrons. The molecule has 0 aromatic rings. The van der Waals surface area contributed by atoms with Crippen LogP contribution >= 0.6 is 0 Å². The fourth-order valence-electron chi connectivity index (χ4n) is 0.708. The summed E-state index contributed by atoms with van der Waals surface area (Å²) >= 11 is 0. The van der Waals surface area contributed by atoms with Crippen LogP contribution < -0.4 is 0 Å². The smallest absolute Gasteiger partial charge is 0.195 e. The quantitative estimate of drug-likeness (QED) is 0.443. The van der Waals surface area contributed by atoms with Gasteiger partial charge in [-0.3, -0.25) is 9.59 Å². The summed E-state index contributed by atoms with van der Waals surface area (Å²) in [4.78, 5) is 21.0. The van der Waals surface area contributed by atoms with E-state index in [2.05, 4.69) is 0 Å². The maximum Gasteiger partial charge on any atom is 0.195 e. The lowest BCUT2D eigenvalue weighted by Crippen LogP contribution is -2.22. The van der Waals surface area contributed by atoms with Gasteiger partial charge in [-0.2, -0.15) is 0 Å². The average Bonchev–Trinajstić information content (AvgIpc) is 1.98. The molecule has 1 unspecified atom stereocenters. The molecular formula is C6H6O3. The summed E-state index contributed by atoms with van der Waals surface area (Å²) in [7, 11) is 0. The molecule has 0 heterocycles. The number of Topliss-reactive ketones (excluding diaryl/α,β-unsaturated/α-hetero) is 1. The monoisotopic (exact) mass is 126 g/mol. The van der Waals surface area contributed by atoms with E-state index in [0.29, 0.717) is 5.57 Å². The third-order valence-electron chi connectivity index (χ3n) is 1.27. The Morgan fingerprint density at radius 1 is 1.56 bits per heavy atom. The van der Waals surface area contributed by atoms with Gasteiger partial charge in [0.05, 0.1) is 0 Å². The third-order valence-corrected chi connectivity index (χ3v) is 1.27. The van der Waals surface area contributed by atoms with Crippen molar-refractivity contribution in [2.75, 3.05) is 0 Å². The molecule has 0 saturated heterocycles. The highest BCUT2D eigenvalue weighted by molar-refractivity contribution is 6.23. The van der Waals surface area contributed by atoms with Crippen LogP contribution in [0, 0.1) is 0 Å². The SMILES string of the molecule is CC1=CC(=O)C(O)C1=O. The Hall–Kier alpha value is -0.960. The highest BCUT2D eigenvalue weighted by atomic mass is 16.3. The molecule has 0 spiro atoms. The van der Waals surface area contributed by atoms with Crippen molar-refractivity contribution >= 4 is 11.6 Å². The van der Waals surface area contributed by atoms with E-state index >= 15 is 0 Å². The van der Waals surface area contributed by atoms with Gasteiger partial charge in [0, 0.05) is 0 Å². The standard InChI is InChI=1S/C6H6O3/c1-3-2-4(7)6(9)5(3)8/h2,6,9H,1H3. The molecular weight excluding hydrogens is 120 g/mol. The molecule has 0 aliphatic heterocycles. The van der Waals surface area contributed by atoms with Crippen LogP contribution in [0.15, 0.2) is 11.6 Å². The largest absolute Gasteiger partial charge is 0.377 e. The number of aliphatic hydroxyl groups is 1. The zero-order valence-electron chi connectivity index (χ0n) is 4.92. The number of rotatable bonds is 0. The number of hydrogen-bond donors (Lipinski definition) is 1. The zero-order chi connectivity index (χ0) is 7.02. The predicted octanol–water partition coefficient (Wildman–Crippen LogP) is -0.555. The lowest BCUT2D eigenvalue weighted by atomic mass is 10.2. The summed E-state index contributed by atoms with van der Waals surface area (Å²) in [6.07, 6.45) is -0.252. The molecule has 0 aromatic carbocycles. The minimum Gasteiger partial charge on any atom is -0.377 e. The summed E-state index contributed by atoms with van der Waals surface area (Å²) < 4.78 is 0. The Bertz CT molecular complexity index is 202. The van der Waals surface area contributed by atoms with Gasteiger partial charge in [-0.05, 0) is 18.6 Å². The first-order valence-corrected chi connectivity index (χ1v) is 2.57. The number of ketones is 2. The van der Waals surface area contributed by atoms with Crippen LogP contribution in [-0.4, -0.2) is 22.8 Å². The van der Waals surface area contributed by atoms with Crippen LogP contribution in [0.5, 0.6) is 0 Å². The molecule has 1 N–H and O–H groups in total. The summed E-state index contributed by atoms with van der Waals surface area (Å²) in [5.41, 5.74) is 0.340. The Balaban J connectivity index is 2.95. The fraction of sp³-hybridized carbons (Fsp3) is 0.333. The van der Waals surface area contributed by atoms with Gasteiger partial charge >= 0.3 is 0 Å². The van der Waals surface area contributed by atoms with E-state index in [9.17, 15) is 9.59 Å². The van der Waals surface area contributed by atoms with Gasteiger partial charge < -0.3 is 5.11 Å². The summed E-state index contributed by atoms with van der Waals surface area (Å²) in [6.45, 7) is 1.51. The van der Waals surface area contributed by atoms with Gasteiger partial charge in [-0.25, -0.2) is 0 Å². The second kappa shape index (κ2) is 1.77. The van der Waals surface area contributed by atoms with Crippen molar-refractivity contribution < 1.29 is 14.7 Å². The van der Waals surface area contributed by atoms with E-state index in [0.717, 1.165) is 6.08 Å². The first-order valence-electron chi connectivity index (χ1n) is 2.57. The second-order valence-electron chi connectivity index (χ2n) is 2.00. The Kier molecular flexibility index (Phi) is 1.21. The van der Waals surface area contributed by atoms with Gasteiger partial charge in [0.15, 0.2) is 17.7 Å². The minimum absolute atomic E-state index is 0.340. The first kappa shape index (κ1) is 6.16. The van der Waals surface area contributed by atoms with Gasteiger partial charge in [0.1, 0.15) is 0 Å². The molecule has 1 rings (SSSR count). The Morgan fingerprint density at radius 3 is 2.22 bits per heavy atom. The number of carbonyl (C=O) groups excluding carboxylic acids is 2. The topological polar surface area (TPSA) is 54.4 Å². The molecule has 0 fully saturated rings. The Morgan fingerprint density at radius 2 is 2.11 bits per heavy atom. The summed E-state index contributed by atoms with van der Waals surface area (Å²) in [5.74, 6) is -0.975. The molecule has 0 saturated carbocycles. The van der Waals surface area contributed by atoms with E-state index in [4.69, 9.17) is 5.11 Å². The maximum atomic E-state index is 10.6. The van der Waals surface area contributed by atoms with Crippen LogP contribution in [0.2, 0.25) is 0 Å². The van der Waals surface area contributed by atoms with E-state index in [1.165, 1.54) is 6.92 Å². The molecule has 1 atom stereocenters. The molecule has 0 bridgehead atoms. The third kappa shape index (κ3) is 0.791. The van der Waals surface area contributed by atoms with Crippen molar-refractivity contribution in [3.05, 3.63) is 11.6 Å². The first-order chi connectivity index (χ1) is 4.13. The molecule has 0 aromatic heterocycles. The van der Waals surface area contributed by atoms with Crippen LogP contribution in [0.4, 0.5) is 0 Å². The van der Waals surface area contributed by atoms with Gasteiger partial charge in [-0.15, -0.1) is 0 Å². The van der Waals surface area contributed by atoms with E-state index < -0.39 is 17.7 Å². The molecule has 1 aliphatic carbocycles. The molecule has 3 heteroatoms. The molecule has 1 aliphatic rings. The van der Waals surface area contributed by atoms with Crippen LogP contribution in [0.25, 0.3) is 0 Å². The number of hydrogen-bond acceptors (Lipinski definition) is 3. The highest BCUT2D eigenvalue weighted by Crippen LogP contribution is 2.09. The molecule has 3 nitrogen and oxygen atoms in total. The van der Waals surface area contributed by atoms with Crippen LogP contribution in [-0.2, 0) is 9.59 Å². The summed E-state index contributed by atoms with van der Waals surface area (Å²) in [5, 5.41) is 8.69. The van der Waals surface area contributed by atoms with Crippen LogP contribution in [0.1, 0.15) is 6.92 Å². The molecule has 0 amide bonds. The zero-order valence-corrected chi connectivity index (χ0v) is 4.92. The Labute approximate surface area is 52.0 Å². The van der Waals surface area contributed by atoms with Crippen LogP contribution in [0.3, 0.4) is 0 Å². The van der Waals surface area contributed by atoms with Crippen molar-refractivity contribution in [2.24, 2.45) is 0 Å². The van der Waals surface area contributed by atoms with Crippen molar-refractivity contribution in [1.82, 2.24) is 0 Å². The minimum atomic E-state index is -1.41. The van der Waals surface area contributed by atoms with E-state index in [-0.39, 0.29) is 0 Å². The van der Waals surface area contributed by atoms with Gasteiger partial charge in [0.25, 0.3) is 0 Å². The summed E-state index contributed by atoms with van der Waals surface area (Å²) in [6, 6.07) is 0. The molecule has 48 valence electrons.